The standard InChI is InChI=1S/C9H16N4/c10-13-12-6-8-2-5-9(7-11-8)3-1-4-9/h8,11H,1-7H2. The third kappa shape index (κ3) is 1.79. The minimum atomic E-state index is 0.433. The molecule has 1 N–H and O–H groups in total. The number of hydrogen-bond acceptors (Lipinski definition) is 2. The van der Waals surface area contributed by atoms with Gasteiger partial charge in [-0.2, -0.15) is 0 Å². The highest BCUT2D eigenvalue weighted by Gasteiger charge is 2.39. The third-order valence-corrected chi connectivity index (χ3v) is 3.57. The molecule has 1 atom stereocenters. The van der Waals surface area contributed by atoms with E-state index < -0.39 is 0 Å². The summed E-state index contributed by atoms with van der Waals surface area (Å²) < 4.78 is 0. The van der Waals surface area contributed by atoms with Gasteiger partial charge in [0.05, 0.1) is 0 Å². The Morgan fingerprint density at radius 2 is 2.31 bits per heavy atom. The topological polar surface area (TPSA) is 60.8 Å². The molecular formula is C9H16N4. The second kappa shape index (κ2) is 3.56. The van der Waals surface area contributed by atoms with Crippen LogP contribution < -0.4 is 5.32 Å². The van der Waals surface area contributed by atoms with Crippen LogP contribution in [0.25, 0.3) is 10.4 Å². The van der Waals surface area contributed by atoms with Crippen LogP contribution in [0, 0.1) is 5.41 Å². The lowest BCUT2D eigenvalue weighted by molar-refractivity contribution is 0.0778. The van der Waals surface area contributed by atoms with Crippen molar-refractivity contribution in [2.75, 3.05) is 13.1 Å². The first kappa shape index (κ1) is 8.85. The number of azide groups is 1. The van der Waals surface area contributed by atoms with Gasteiger partial charge >= 0.3 is 0 Å². The zero-order valence-corrected chi connectivity index (χ0v) is 7.87. The Morgan fingerprint density at radius 1 is 1.46 bits per heavy atom. The molecule has 72 valence electrons. The molecule has 1 saturated heterocycles. The van der Waals surface area contributed by atoms with Crippen LogP contribution in [0.5, 0.6) is 0 Å². The summed E-state index contributed by atoms with van der Waals surface area (Å²) in [5, 5.41) is 7.09. The van der Waals surface area contributed by atoms with E-state index in [1.807, 2.05) is 0 Å². The van der Waals surface area contributed by atoms with Crippen LogP contribution in [0.1, 0.15) is 32.1 Å². The molecule has 1 spiro atoms. The monoisotopic (exact) mass is 180 g/mol. The van der Waals surface area contributed by atoms with Gasteiger partial charge in [-0.15, -0.1) is 0 Å². The molecule has 0 amide bonds. The first-order valence-corrected chi connectivity index (χ1v) is 5.09. The molecule has 4 heteroatoms. The molecule has 0 bridgehead atoms. The van der Waals surface area contributed by atoms with Gasteiger partial charge in [-0.3, -0.25) is 0 Å². The number of hydrogen-bond donors (Lipinski definition) is 1. The zero-order chi connectivity index (χ0) is 9.15. The van der Waals surface area contributed by atoms with Gasteiger partial charge in [0, 0.05) is 24.0 Å². The van der Waals surface area contributed by atoms with Crippen molar-refractivity contribution in [3.8, 4) is 0 Å². The van der Waals surface area contributed by atoms with Crippen LogP contribution in [0.4, 0.5) is 0 Å². The van der Waals surface area contributed by atoms with E-state index in [9.17, 15) is 0 Å². The normalized spacial score (nSPS) is 30.6. The van der Waals surface area contributed by atoms with Gasteiger partial charge < -0.3 is 5.32 Å². The van der Waals surface area contributed by atoms with Crippen molar-refractivity contribution < 1.29 is 0 Å². The van der Waals surface area contributed by atoms with Crippen molar-refractivity contribution >= 4 is 0 Å². The van der Waals surface area contributed by atoms with Crippen molar-refractivity contribution in [2.24, 2.45) is 10.5 Å². The fourth-order valence-electron chi connectivity index (χ4n) is 2.43. The molecule has 1 unspecified atom stereocenters. The fraction of sp³-hybridized carbons (Fsp3) is 1.00. The number of rotatable bonds is 2. The second-order valence-electron chi connectivity index (χ2n) is 4.38. The molecule has 1 heterocycles. The van der Waals surface area contributed by atoms with Gasteiger partial charge in [0.2, 0.25) is 0 Å². The number of nitrogens with one attached hydrogen (secondary N) is 1. The molecule has 1 aliphatic carbocycles. The molecule has 2 rings (SSSR count). The Morgan fingerprint density at radius 3 is 2.77 bits per heavy atom. The maximum Gasteiger partial charge on any atom is 0.0412 e. The van der Waals surface area contributed by atoms with Crippen LogP contribution in [-0.4, -0.2) is 19.1 Å². The third-order valence-electron chi connectivity index (χ3n) is 3.57. The minimum absolute atomic E-state index is 0.433. The maximum atomic E-state index is 8.19. The predicted molar refractivity (Wildman–Crippen MR) is 51.3 cm³/mol. The van der Waals surface area contributed by atoms with Crippen LogP contribution >= 0.6 is 0 Å². The first-order chi connectivity index (χ1) is 6.35. The van der Waals surface area contributed by atoms with Crippen LogP contribution in [-0.2, 0) is 0 Å². The van der Waals surface area contributed by atoms with Gasteiger partial charge in [-0.1, -0.05) is 11.5 Å². The molecule has 0 aromatic rings. The van der Waals surface area contributed by atoms with E-state index >= 15 is 0 Å². The number of nitrogens with zero attached hydrogens (tertiary/aromatic N) is 3. The Bertz CT molecular complexity index is 218. The van der Waals surface area contributed by atoms with E-state index in [0.717, 1.165) is 6.54 Å². The highest BCUT2D eigenvalue weighted by molar-refractivity contribution is 4.95. The van der Waals surface area contributed by atoms with Crippen LogP contribution in [0.2, 0.25) is 0 Å². The van der Waals surface area contributed by atoms with Crippen LogP contribution in [0.3, 0.4) is 0 Å². The quantitative estimate of drug-likeness (QED) is 0.395. The smallest absolute Gasteiger partial charge is 0.0412 e. The number of piperidine rings is 1. The zero-order valence-electron chi connectivity index (χ0n) is 7.87. The molecule has 0 aromatic heterocycles. The fourth-order valence-corrected chi connectivity index (χ4v) is 2.43. The molecule has 1 aliphatic heterocycles. The van der Waals surface area contributed by atoms with E-state index in [2.05, 4.69) is 15.3 Å². The molecule has 4 nitrogen and oxygen atoms in total. The summed E-state index contributed by atoms with van der Waals surface area (Å²) >= 11 is 0. The summed E-state index contributed by atoms with van der Waals surface area (Å²) in [5.74, 6) is 0. The van der Waals surface area contributed by atoms with E-state index in [4.69, 9.17) is 5.53 Å². The van der Waals surface area contributed by atoms with E-state index in [1.54, 1.807) is 0 Å². The van der Waals surface area contributed by atoms with E-state index in [1.165, 1.54) is 32.1 Å². The maximum absolute atomic E-state index is 8.19. The van der Waals surface area contributed by atoms with Gasteiger partial charge in [0.15, 0.2) is 0 Å². The van der Waals surface area contributed by atoms with Crippen molar-refractivity contribution in [1.82, 2.24) is 5.32 Å². The van der Waals surface area contributed by atoms with Gasteiger partial charge in [0.1, 0.15) is 0 Å². The van der Waals surface area contributed by atoms with Gasteiger partial charge in [-0.25, -0.2) is 0 Å². The Labute approximate surface area is 78.3 Å². The average molecular weight is 180 g/mol. The summed E-state index contributed by atoms with van der Waals surface area (Å²) in [6, 6.07) is 0.433. The Kier molecular flexibility index (Phi) is 2.42. The lowest BCUT2D eigenvalue weighted by Crippen LogP contribution is -2.49. The van der Waals surface area contributed by atoms with Crippen LogP contribution in [0.15, 0.2) is 5.11 Å². The summed E-state index contributed by atoms with van der Waals surface area (Å²) in [7, 11) is 0. The molecule has 2 fully saturated rings. The second-order valence-corrected chi connectivity index (χ2v) is 4.38. The van der Waals surface area contributed by atoms with Gasteiger partial charge in [-0.05, 0) is 36.6 Å². The molecule has 1 saturated carbocycles. The largest absolute Gasteiger partial charge is 0.313 e. The van der Waals surface area contributed by atoms with E-state index in [-0.39, 0.29) is 0 Å². The highest BCUT2D eigenvalue weighted by Crippen LogP contribution is 2.46. The SMILES string of the molecule is [N-]=[N+]=NCC1CCC2(CCC2)CN1. The summed E-state index contributed by atoms with van der Waals surface area (Å²) in [6.07, 6.45) is 6.70. The molecule has 2 aliphatic rings. The van der Waals surface area contributed by atoms with E-state index in [0.29, 0.717) is 18.0 Å². The average Bonchev–Trinajstić information content (AvgIpc) is 2.13. The molecule has 13 heavy (non-hydrogen) atoms. The summed E-state index contributed by atoms with van der Waals surface area (Å²) in [4.78, 5) is 2.79. The summed E-state index contributed by atoms with van der Waals surface area (Å²) in [5.41, 5.74) is 8.82. The van der Waals surface area contributed by atoms with Crippen molar-refractivity contribution in [3.63, 3.8) is 0 Å². The van der Waals surface area contributed by atoms with Crippen molar-refractivity contribution in [1.29, 1.82) is 0 Å². The van der Waals surface area contributed by atoms with Gasteiger partial charge in [0.25, 0.3) is 0 Å². The Balaban J connectivity index is 1.78. The molecular weight excluding hydrogens is 164 g/mol. The minimum Gasteiger partial charge on any atom is -0.313 e. The first-order valence-electron chi connectivity index (χ1n) is 5.09. The molecule has 0 aromatic carbocycles. The lowest BCUT2D eigenvalue weighted by Gasteiger charge is -2.47. The van der Waals surface area contributed by atoms with Crippen molar-refractivity contribution in [2.45, 2.75) is 38.1 Å². The summed E-state index contributed by atoms with van der Waals surface area (Å²) in [6.45, 7) is 1.76. The molecule has 0 radical (unpaired) electrons. The van der Waals surface area contributed by atoms with Crippen molar-refractivity contribution in [3.05, 3.63) is 10.4 Å². The highest BCUT2D eigenvalue weighted by atomic mass is 15.1. The Hall–Kier alpha value is -0.730. The predicted octanol–water partition coefficient (Wildman–Crippen LogP) is 2.22. The lowest BCUT2D eigenvalue weighted by atomic mass is 9.64.